The molecule has 0 saturated carbocycles. The molecule has 1 fully saturated rings. The summed E-state index contributed by atoms with van der Waals surface area (Å²) in [5.41, 5.74) is 0. The molecule has 1 unspecified atom stereocenters. The van der Waals surface area contributed by atoms with Crippen molar-refractivity contribution in [2.45, 2.75) is 45.6 Å². The monoisotopic (exact) mass is 242 g/mol. The Labute approximate surface area is 107 Å². The summed E-state index contributed by atoms with van der Waals surface area (Å²) in [6, 6.07) is 0.697. The van der Waals surface area contributed by atoms with Crippen molar-refractivity contribution in [1.29, 1.82) is 0 Å². The summed E-state index contributed by atoms with van der Waals surface area (Å²) < 4.78 is 5.42. The van der Waals surface area contributed by atoms with Crippen molar-refractivity contribution in [3.05, 3.63) is 0 Å². The zero-order chi connectivity index (χ0) is 12.5. The van der Waals surface area contributed by atoms with Gasteiger partial charge >= 0.3 is 0 Å². The topological polar surface area (TPSA) is 24.5 Å². The second-order valence-corrected chi connectivity index (χ2v) is 5.25. The highest BCUT2D eigenvalue weighted by molar-refractivity contribution is 4.75. The van der Waals surface area contributed by atoms with E-state index in [0.717, 1.165) is 32.2 Å². The molecular formula is C14H30N2O. The maximum absolute atomic E-state index is 5.42. The van der Waals surface area contributed by atoms with Crippen molar-refractivity contribution in [3.8, 4) is 0 Å². The van der Waals surface area contributed by atoms with Crippen LogP contribution in [0.2, 0.25) is 0 Å². The minimum Gasteiger partial charge on any atom is -0.381 e. The minimum absolute atomic E-state index is 0.697. The fourth-order valence-electron chi connectivity index (χ4n) is 2.61. The Hall–Kier alpha value is -0.120. The van der Waals surface area contributed by atoms with Crippen LogP contribution in [0.4, 0.5) is 0 Å². The maximum atomic E-state index is 5.42. The molecule has 0 bridgehead atoms. The summed E-state index contributed by atoms with van der Waals surface area (Å²) in [6.45, 7) is 9.83. The molecule has 1 saturated heterocycles. The molecule has 17 heavy (non-hydrogen) atoms. The minimum atomic E-state index is 0.697. The number of rotatable bonds is 8. The van der Waals surface area contributed by atoms with Gasteiger partial charge in [0.2, 0.25) is 0 Å². The number of hydrogen-bond acceptors (Lipinski definition) is 3. The van der Waals surface area contributed by atoms with Gasteiger partial charge in [-0.15, -0.1) is 0 Å². The molecule has 0 amide bonds. The Kier molecular flexibility index (Phi) is 7.82. The zero-order valence-corrected chi connectivity index (χ0v) is 11.9. The molecule has 1 aliphatic heterocycles. The van der Waals surface area contributed by atoms with Crippen molar-refractivity contribution >= 4 is 0 Å². The zero-order valence-electron chi connectivity index (χ0n) is 11.9. The third kappa shape index (κ3) is 5.84. The van der Waals surface area contributed by atoms with Crippen LogP contribution in [0.1, 0.15) is 39.5 Å². The molecule has 0 spiro atoms. The van der Waals surface area contributed by atoms with Crippen LogP contribution in [0.3, 0.4) is 0 Å². The first-order valence-electron chi connectivity index (χ1n) is 7.26. The Morgan fingerprint density at radius 1 is 1.29 bits per heavy atom. The lowest BCUT2D eigenvalue weighted by Crippen LogP contribution is -2.43. The van der Waals surface area contributed by atoms with Crippen LogP contribution in [0, 0.1) is 5.92 Å². The van der Waals surface area contributed by atoms with Crippen molar-refractivity contribution in [3.63, 3.8) is 0 Å². The van der Waals surface area contributed by atoms with E-state index in [4.69, 9.17) is 4.74 Å². The van der Waals surface area contributed by atoms with Gasteiger partial charge in [-0.1, -0.05) is 20.3 Å². The van der Waals surface area contributed by atoms with E-state index in [1.165, 1.54) is 32.2 Å². The van der Waals surface area contributed by atoms with E-state index in [0.29, 0.717) is 6.04 Å². The molecule has 0 aliphatic carbocycles. The average Bonchev–Trinajstić information content (AvgIpc) is 2.35. The van der Waals surface area contributed by atoms with E-state index in [1.54, 1.807) is 0 Å². The molecule has 0 aromatic carbocycles. The van der Waals surface area contributed by atoms with Crippen LogP contribution < -0.4 is 5.32 Å². The lowest BCUT2D eigenvalue weighted by molar-refractivity contribution is 0.0496. The number of ether oxygens (including phenoxy) is 1. The van der Waals surface area contributed by atoms with Crippen molar-refractivity contribution < 1.29 is 4.74 Å². The highest BCUT2D eigenvalue weighted by Gasteiger charge is 2.20. The summed E-state index contributed by atoms with van der Waals surface area (Å²) >= 11 is 0. The lowest BCUT2D eigenvalue weighted by atomic mass is 9.98. The van der Waals surface area contributed by atoms with Crippen LogP contribution in [-0.4, -0.2) is 50.8 Å². The summed E-state index contributed by atoms with van der Waals surface area (Å²) in [4.78, 5) is 2.56. The van der Waals surface area contributed by atoms with Crippen LogP contribution in [-0.2, 0) is 4.74 Å². The van der Waals surface area contributed by atoms with Gasteiger partial charge in [-0.05, 0) is 38.8 Å². The van der Waals surface area contributed by atoms with Gasteiger partial charge in [0, 0.05) is 32.3 Å². The molecule has 0 radical (unpaired) electrons. The van der Waals surface area contributed by atoms with E-state index in [2.05, 4.69) is 31.1 Å². The predicted molar refractivity (Wildman–Crippen MR) is 73.4 cm³/mol. The second kappa shape index (κ2) is 8.90. The molecular weight excluding hydrogens is 212 g/mol. The SMILES string of the molecule is CCCC(CNCC)N(C)CC1CCOCC1. The van der Waals surface area contributed by atoms with Crippen LogP contribution >= 0.6 is 0 Å². The molecule has 3 heteroatoms. The van der Waals surface area contributed by atoms with Crippen LogP contribution in [0.25, 0.3) is 0 Å². The van der Waals surface area contributed by atoms with Crippen LogP contribution in [0.5, 0.6) is 0 Å². The van der Waals surface area contributed by atoms with Gasteiger partial charge in [0.25, 0.3) is 0 Å². The Morgan fingerprint density at radius 3 is 2.59 bits per heavy atom. The third-order valence-corrected chi connectivity index (χ3v) is 3.76. The summed E-state index contributed by atoms with van der Waals surface area (Å²) in [6.07, 6.45) is 5.05. The number of likely N-dealkylation sites (N-methyl/N-ethyl adjacent to an activating group) is 2. The quantitative estimate of drug-likeness (QED) is 0.705. The normalized spacial score (nSPS) is 19.8. The van der Waals surface area contributed by atoms with Gasteiger partial charge in [-0.25, -0.2) is 0 Å². The predicted octanol–water partition coefficient (Wildman–Crippen LogP) is 2.12. The Balaban J connectivity index is 2.31. The largest absolute Gasteiger partial charge is 0.381 e. The summed E-state index contributed by atoms with van der Waals surface area (Å²) in [5, 5.41) is 3.48. The van der Waals surface area contributed by atoms with E-state index in [1.807, 2.05) is 0 Å². The molecule has 102 valence electrons. The summed E-state index contributed by atoms with van der Waals surface area (Å²) in [5.74, 6) is 0.842. The first-order chi connectivity index (χ1) is 8.27. The van der Waals surface area contributed by atoms with Gasteiger partial charge in [0.05, 0.1) is 0 Å². The fraction of sp³-hybridized carbons (Fsp3) is 1.00. The fourth-order valence-corrected chi connectivity index (χ4v) is 2.61. The molecule has 1 heterocycles. The first-order valence-corrected chi connectivity index (χ1v) is 7.26. The average molecular weight is 242 g/mol. The number of nitrogens with one attached hydrogen (secondary N) is 1. The standard InChI is InChI=1S/C14H30N2O/c1-4-6-14(11-15-5-2)16(3)12-13-7-9-17-10-8-13/h13-15H,4-12H2,1-3H3. The second-order valence-electron chi connectivity index (χ2n) is 5.25. The van der Waals surface area contributed by atoms with Crippen molar-refractivity contribution in [1.82, 2.24) is 10.2 Å². The molecule has 0 aromatic heterocycles. The number of hydrogen-bond donors (Lipinski definition) is 1. The van der Waals surface area contributed by atoms with Gasteiger partial charge in [0.15, 0.2) is 0 Å². The number of nitrogens with zero attached hydrogens (tertiary/aromatic N) is 1. The molecule has 1 aliphatic rings. The Morgan fingerprint density at radius 2 is 2.00 bits per heavy atom. The molecule has 3 nitrogen and oxygen atoms in total. The molecule has 1 rings (SSSR count). The molecule has 0 aromatic rings. The van der Waals surface area contributed by atoms with Gasteiger partial charge in [-0.2, -0.15) is 0 Å². The highest BCUT2D eigenvalue weighted by atomic mass is 16.5. The van der Waals surface area contributed by atoms with Crippen molar-refractivity contribution in [2.75, 3.05) is 39.9 Å². The lowest BCUT2D eigenvalue weighted by Gasteiger charge is -2.33. The third-order valence-electron chi connectivity index (χ3n) is 3.76. The van der Waals surface area contributed by atoms with Crippen LogP contribution in [0.15, 0.2) is 0 Å². The highest BCUT2D eigenvalue weighted by Crippen LogP contribution is 2.17. The molecule has 1 atom stereocenters. The Bertz CT molecular complexity index is 181. The van der Waals surface area contributed by atoms with Gasteiger partial charge in [-0.3, -0.25) is 0 Å². The smallest absolute Gasteiger partial charge is 0.0469 e. The van der Waals surface area contributed by atoms with E-state index >= 15 is 0 Å². The van der Waals surface area contributed by atoms with Gasteiger partial charge in [0.1, 0.15) is 0 Å². The van der Waals surface area contributed by atoms with Gasteiger partial charge < -0.3 is 15.0 Å². The van der Waals surface area contributed by atoms with E-state index in [-0.39, 0.29) is 0 Å². The maximum Gasteiger partial charge on any atom is 0.0469 e. The van der Waals surface area contributed by atoms with Crippen molar-refractivity contribution in [2.24, 2.45) is 5.92 Å². The van der Waals surface area contributed by atoms with E-state index in [9.17, 15) is 0 Å². The first kappa shape index (κ1) is 14.9. The van der Waals surface area contributed by atoms with E-state index < -0.39 is 0 Å². The molecule has 1 N–H and O–H groups in total. The summed E-state index contributed by atoms with van der Waals surface area (Å²) in [7, 11) is 2.28.